The fourth-order valence-electron chi connectivity index (χ4n) is 2.85. The lowest BCUT2D eigenvalue weighted by Gasteiger charge is -2.11. The molecule has 2 atom stereocenters. The van der Waals surface area contributed by atoms with Gasteiger partial charge in [0.1, 0.15) is 5.75 Å². The standard InChI is InChI=1S/C19H22N2O3.ClH/c1-24-17-4-2-3-15(9-17)14-7-5-13(6-8-14)11-21-19(23)18-10-16(22)12-20-18;/h2-9,16,18,20,22H,10-12H2,1H3,(H,21,23);1H. The predicted octanol–water partition coefficient (Wildman–Crippen LogP) is 2.12. The van der Waals surface area contributed by atoms with Crippen LogP contribution in [0.3, 0.4) is 0 Å². The van der Waals surface area contributed by atoms with E-state index >= 15 is 0 Å². The number of carbonyl (C=O) groups excluding carboxylic acids is 1. The largest absolute Gasteiger partial charge is 0.497 e. The van der Waals surface area contributed by atoms with Crippen molar-refractivity contribution in [3.05, 3.63) is 54.1 Å². The number of methoxy groups -OCH3 is 1. The van der Waals surface area contributed by atoms with E-state index in [0.717, 1.165) is 22.4 Å². The number of halogens is 1. The second-order valence-electron chi connectivity index (χ2n) is 6.00. The Labute approximate surface area is 153 Å². The molecule has 2 aromatic carbocycles. The number of benzene rings is 2. The molecule has 1 saturated heterocycles. The van der Waals surface area contributed by atoms with Crippen LogP contribution in [0, 0.1) is 0 Å². The fraction of sp³-hybridized carbons (Fsp3) is 0.316. The number of hydrogen-bond donors (Lipinski definition) is 3. The SMILES string of the molecule is COc1cccc(-c2ccc(CNC(=O)C3CC(O)CN3)cc2)c1.Cl. The summed E-state index contributed by atoms with van der Waals surface area (Å²) in [6.07, 6.45) is 0.0450. The van der Waals surface area contributed by atoms with Crippen LogP contribution in [0.1, 0.15) is 12.0 Å². The topological polar surface area (TPSA) is 70.6 Å². The molecule has 3 rings (SSSR count). The molecular weight excluding hydrogens is 340 g/mol. The van der Waals surface area contributed by atoms with Crippen LogP contribution in [0.5, 0.6) is 5.75 Å². The minimum Gasteiger partial charge on any atom is -0.497 e. The smallest absolute Gasteiger partial charge is 0.237 e. The van der Waals surface area contributed by atoms with Gasteiger partial charge in [0.2, 0.25) is 5.91 Å². The maximum absolute atomic E-state index is 12.0. The van der Waals surface area contributed by atoms with Crippen LogP contribution in [0.25, 0.3) is 11.1 Å². The van der Waals surface area contributed by atoms with E-state index in [1.165, 1.54) is 0 Å². The average Bonchev–Trinajstić information content (AvgIpc) is 3.06. The molecule has 134 valence electrons. The molecule has 0 radical (unpaired) electrons. The Morgan fingerprint density at radius 3 is 2.64 bits per heavy atom. The Balaban J connectivity index is 0.00000225. The first-order chi connectivity index (χ1) is 11.7. The highest BCUT2D eigenvalue weighted by Crippen LogP contribution is 2.24. The molecule has 1 heterocycles. The van der Waals surface area contributed by atoms with Crippen molar-refractivity contribution < 1.29 is 14.6 Å². The summed E-state index contributed by atoms with van der Waals surface area (Å²) in [6.45, 7) is 0.957. The van der Waals surface area contributed by atoms with Crippen molar-refractivity contribution in [2.24, 2.45) is 0 Å². The Hall–Kier alpha value is -2.08. The van der Waals surface area contributed by atoms with Gasteiger partial charge in [-0.25, -0.2) is 0 Å². The van der Waals surface area contributed by atoms with Crippen molar-refractivity contribution in [3.63, 3.8) is 0 Å². The van der Waals surface area contributed by atoms with Crippen molar-refractivity contribution >= 4 is 18.3 Å². The lowest BCUT2D eigenvalue weighted by molar-refractivity contribution is -0.123. The lowest BCUT2D eigenvalue weighted by Crippen LogP contribution is -2.39. The van der Waals surface area contributed by atoms with Crippen LogP contribution < -0.4 is 15.4 Å². The average molecular weight is 363 g/mol. The first kappa shape index (κ1) is 19.2. The molecule has 2 aromatic rings. The zero-order chi connectivity index (χ0) is 16.9. The van der Waals surface area contributed by atoms with Crippen LogP contribution >= 0.6 is 12.4 Å². The summed E-state index contributed by atoms with van der Waals surface area (Å²) < 4.78 is 5.25. The van der Waals surface area contributed by atoms with Crippen LogP contribution in [-0.4, -0.2) is 36.8 Å². The molecule has 1 fully saturated rings. The molecule has 25 heavy (non-hydrogen) atoms. The molecule has 6 heteroatoms. The van der Waals surface area contributed by atoms with Crippen LogP contribution in [0.4, 0.5) is 0 Å². The van der Waals surface area contributed by atoms with Crippen molar-refractivity contribution in [1.29, 1.82) is 0 Å². The van der Waals surface area contributed by atoms with Gasteiger partial charge in [-0.3, -0.25) is 4.79 Å². The molecule has 1 aliphatic heterocycles. The van der Waals surface area contributed by atoms with E-state index in [2.05, 4.69) is 10.6 Å². The Morgan fingerprint density at radius 2 is 2.00 bits per heavy atom. The third kappa shape index (κ3) is 4.95. The number of aliphatic hydroxyl groups excluding tert-OH is 1. The molecule has 1 amide bonds. The second kappa shape index (κ2) is 8.85. The quantitative estimate of drug-likeness (QED) is 0.762. The summed E-state index contributed by atoms with van der Waals surface area (Å²) in [7, 11) is 1.66. The van der Waals surface area contributed by atoms with Gasteiger partial charge in [-0.1, -0.05) is 36.4 Å². The molecular formula is C19H23ClN2O3. The van der Waals surface area contributed by atoms with Gasteiger partial charge in [-0.15, -0.1) is 12.4 Å². The number of β-amino-alcohol motifs (C(OH)–C–C–N with tert-alkyl or cyclic N) is 1. The summed E-state index contributed by atoms with van der Waals surface area (Å²) in [5.41, 5.74) is 3.23. The van der Waals surface area contributed by atoms with E-state index in [9.17, 15) is 9.90 Å². The number of rotatable bonds is 5. The van der Waals surface area contributed by atoms with Gasteiger partial charge in [0, 0.05) is 13.1 Å². The van der Waals surface area contributed by atoms with Gasteiger partial charge < -0.3 is 20.5 Å². The summed E-state index contributed by atoms with van der Waals surface area (Å²) in [6, 6.07) is 15.7. The minimum atomic E-state index is -0.428. The lowest BCUT2D eigenvalue weighted by atomic mass is 10.0. The van der Waals surface area contributed by atoms with Gasteiger partial charge in [-0.2, -0.15) is 0 Å². The van der Waals surface area contributed by atoms with Crippen molar-refractivity contribution in [2.75, 3.05) is 13.7 Å². The minimum absolute atomic E-state index is 0. The highest BCUT2D eigenvalue weighted by Gasteiger charge is 2.27. The van der Waals surface area contributed by atoms with Crippen LogP contribution in [-0.2, 0) is 11.3 Å². The monoisotopic (exact) mass is 362 g/mol. The highest BCUT2D eigenvalue weighted by molar-refractivity contribution is 5.85. The number of aliphatic hydroxyl groups is 1. The van der Waals surface area contributed by atoms with Gasteiger partial charge in [0.25, 0.3) is 0 Å². The Bertz CT molecular complexity index is 706. The summed E-state index contributed by atoms with van der Waals surface area (Å²) in [4.78, 5) is 12.0. The molecule has 0 bridgehead atoms. The fourth-order valence-corrected chi connectivity index (χ4v) is 2.85. The third-order valence-corrected chi connectivity index (χ3v) is 4.25. The van der Waals surface area contributed by atoms with E-state index in [1.807, 2.05) is 48.5 Å². The van der Waals surface area contributed by atoms with E-state index in [0.29, 0.717) is 19.5 Å². The van der Waals surface area contributed by atoms with Gasteiger partial charge in [-0.05, 0) is 35.2 Å². The summed E-state index contributed by atoms with van der Waals surface area (Å²) >= 11 is 0. The van der Waals surface area contributed by atoms with Crippen molar-refractivity contribution in [3.8, 4) is 16.9 Å². The predicted molar refractivity (Wildman–Crippen MR) is 99.9 cm³/mol. The Morgan fingerprint density at radius 1 is 1.24 bits per heavy atom. The van der Waals surface area contributed by atoms with E-state index in [-0.39, 0.29) is 24.4 Å². The molecule has 0 spiro atoms. The normalized spacial score (nSPS) is 19.1. The molecule has 1 aliphatic rings. The first-order valence-electron chi connectivity index (χ1n) is 8.08. The van der Waals surface area contributed by atoms with Gasteiger partial charge in [0.05, 0.1) is 19.3 Å². The highest BCUT2D eigenvalue weighted by atomic mass is 35.5. The maximum atomic E-state index is 12.0. The number of amides is 1. The summed E-state index contributed by atoms with van der Waals surface area (Å²) in [5, 5.41) is 15.4. The van der Waals surface area contributed by atoms with Gasteiger partial charge >= 0.3 is 0 Å². The second-order valence-corrected chi connectivity index (χ2v) is 6.00. The van der Waals surface area contributed by atoms with Crippen LogP contribution in [0.2, 0.25) is 0 Å². The van der Waals surface area contributed by atoms with Crippen molar-refractivity contribution in [2.45, 2.75) is 25.1 Å². The molecule has 0 aromatic heterocycles. The van der Waals surface area contributed by atoms with Crippen molar-refractivity contribution in [1.82, 2.24) is 10.6 Å². The van der Waals surface area contributed by atoms with E-state index in [1.54, 1.807) is 7.11 Å². The molecule has 2 unspecified atom stereocenters. The number of nitrogens with one attached hydrogen (secondary N) is 2. The number of carbonyl (C=O) groups is 1. The molecule has 0 aliphatic carbocycles. The molecule has 3 N–H and O–H groups in total. The number of hydrogen-bond acceptors (Lipinski definition) is 4. The van der Waals surface area contributed by atoms with Gasteiger partial charge in [0.15, 0.2) is 0 Å². The Kier molecular flexibility index (Phi) is 6.82. The van der Waals surface area contributed by atoms with E-state index < -0.39 is 6.10 Å². The third-order valence-electron chi connectivity index (χ3n) is 4.25. The number of ether oxygens (including phenoxy) is 1. The first-order valence-corrected chi connectivity index (χ1v) is 8.08. The van der Waals surface area contributed by atoms with E-state index in [4.69, 9.17) is 4.74 Å². The zero-order valence-corrected chi connectivity index (χ0v) is 14.9. The van der Waals surface area contributed by atoms with Crippen LogP contribution in [0.15, 0.2) is 48.5 Å². The summed E-state index contributed by atoms with van der Waals surface area (Å²) in [5.74, 6) is 0.763. The zero-order valence-electron chi connectivity index (χ0n) is 14.1. The molecule has 0 saturated carbocycles. The molecule has 5 nitrogen and oxygen atoms in total. The maximum Gasteiger partial charge on any atom is 0.237 e.